The number of nitrogens with two attached hydrogens (primary N) is 1. The molecule has 1 aromatic rings. The first-order valence-corrected chi connectivity index (χ1v) is 7.35. The second-order valence-electron chi connectivity index (χ2n) is 5.19. The van der Waals surface area contributed by atoms with Gasteiger partial charge in [0, 0.05) is 23.7 Å². The molecule has 0 spiro atoms. The Morgan fingerprint density at radius 3 is 2.33 bits per heavy atom. The van der Waals surface area contributed by atoms with Crippen LogP contribution in [-0.4, -0.2) is 30.4 Å². The van der Waals surface area contributed by atoms with Gasteiger partial charge in [0.15, 0.2) is 0 Å². The van der Waals surface area contributed by atoms with Crippen LogP contribution in [0.4, 0.5) is 0 Å². The zero-order chi connectivity index (χ0) is 15.9. The summed E-state index contributed by atoms with van der Waals surface area (Å²) in [6.07, 6.45) is 1.46. The van der Waals surface area contributed by atoms with E-state index in [9.17, 15) is 9.59 Å². The van der Waals surface area contributed by atoms with Gasteiger partial charge in [-0.3, -0.25) is 9.59 Å². The van der Waals surface area contributed by atoms with E-state index in [2.05, 4.69) is 10.6 Å². The molecule has 6 heteroatoms. The fraction of sp³-hybridized carbons (Fsp3) is 0.467. The van der Waals surface area contributed by atoms with Crippen molar-refractivity contribution in [2.24, 2.45) is 5.73 Å². The Kier molecular flexibility index (Phi) is 6.65. The van der Waals surface area contributed by atoms with Crippen molar-refractivity contribution in [3.8, 4) is 0 Å². The van der Waals surface area contributed by atoms with E-state index >= 15 is 0 Å². The van der Waals surface area contributed by atoms with Crippen LogP contribution in [0.1, 0.15) is 37.0 Å². The average molecular weight is 312 g/mol. The van der Waals surface area contributed by atoms with E-state index in [0.717, 1.165) is 6.42 Å². The van der Waals surface area contributed by atoms with Gasteiger partial charge in [-0.1, -0.05) is 24.9 Å². The van der Waals surface area contributed by atoms with E-state index in [0.29, 0.717) is 30.1 Å². The molecule has 0 saturated heterocycles. The summed E-state index contributed by atoms with van der Waals surface area (Å²) in [7, 11) is 0. The standard InChI is InChI=1S/C15H22ClN3O2/c1-3-8-15(2,17)14(21)19-10-9-18-13(20)11-4-6-12(16)7-5-11/h4-7H,3,8-10,17H2,1-2H3,(H,18,20)(H,19,21). The number of halogens is 1. The molecule has 4 N–H and O–H groups in total. The van der Waals surface area contributed by atoms with Gasteiger partial charge >= 0.3 is 0 Å². The maximum Gasteiger partial charge on any atom is 0.251 e. The van der Waals surface area contributed by atoms with Crippen LogP contribution in [-0.2, 0) is 4.79 Å². The van der Waals surface area contributed by atoms with Gasteiger partial charge in [0.05, 0.1) is 5.54 Å². The number of rotatable bonds is 7. The maximum atomic E-state index is 11.8. The number of hydrogen-bond donors (Lipinski definition) is 3. The van der Waals surface area contributed by atoms with Gasteiger partial charge in [0.25, 0.3) is 5.91 Å². The predicted octanol–water partition coefficient (Wildman–Crippen LogP) is 1.70. The molecule has 0 fully saturated rings. The smallest absolute Gasteiger partial charge is 0.251 e. The van der Waals surface area contributed by atoms with E-state index in [1.54, 1.807) is 31.2 Å². The molecule has 0 aliphatic rings. The van der Waals surface area contributed by atoms with Crippen LogP contribution in [0.2, 0.25) is 5.02 Å². The highest BCUT2D eigenvalue weighted by Gasteiger charge is 2.26. The summed E-state index contributed by atoms with van der Waals surface area (Å²) in [6, 6.07) is 6.61. The third kappa shape index (κ3) is 5.73. The van der Waals surface area contributed by atoms with Crippen molar-refractivity contribution in [1.29, 1.82) is 0 Å². The summed E-state index contributed by atoms with van der Waals surface area (Å²) in [4.78, 5) is 23.7. The lowest BCUT2D eigenvalue weighted by molar-refractivity contribution is -0.126. The van der Waals surface area contributed by atoms with Crippen molar-refractivity contribution < 1.29 is 9.59 Å². The normalized spacial score (nSPS) is 13.3. The summed E-state index contributed by atoms with van der Waals surface area (Å²) in [6.45, 7) is 4.37. The molecule has 0 aromatic heterocycles. The van der Waals surface area contributed by atoms with Crippen LogP contribution < -0.4 is 16.4 Å². The Hall–Kier alpha value is -1.59. The molecule has 21 heavy (non-hydrogen) atoms. The minimum absolute atomic E-state index is 0.204. The third-order valence-electron chi connectivity index (χ3n) is 3.09. The maximum absolute atomic E-state index is 11.8. The van der Waals surface area contributed by atoms with Gasteiger partial charge in [0.2, 0.25) is 5.91 Å². The number of benzene rings is 1. The van der Waals surface area contributed by atoms with Gasteiger partial charge in [0.1, 0.15) is 0 Å². The lowest BCUT2D eigenvalue weighted by atomic mass is 9.97. The minimum atomic E-state index is -0.866. The highest BCUT2D eigenvalue weighted by molar-refractivity contribution is 6.30. The number of carbonyl (C=O) groups excluding carboxylic acids is 2. The summed E-state index contributed by atoms with van der Waals surface area (Å²) in [5, 5.41) is 6.02. The number of hydrogen-bond acceptors (Lipinski definition) is 3. The molecular weight excluding hydrogens is 290 g/mol. The van der Waals surface area contributed by atoms with Crippen LogP contribution >= 0.6 is 11.6 Å². The largest absolute Gasteiger partial charge is 0.353 e. The minimum Gasteiger partial charge on any atom is -0.353 e. The third-order valence-corrected chi connectivity index (χ3v) is 3.34. The van der Waals surface area contributed by atoms with Gasteiger partial charge in [-0.2, -0.15) is 0 Å². The fourth-order valence-corrected chi connectivity index (χ4v) is 2.02. The monoisotopic (exact) mass is 311 g/mol. The molecular formula is C15H22ClN3O2. The molecule has 0 bridgehead atoms. The average Bonchev–Trinajstić information content (AvgIpc) is 2.43. The lowest BCUT2D eigenvalue weighted by Gasteiger charge is -2.22. The number of carbonyl (C=O) groups is 2. The Morgan fingerprint density at radius 2 is 1.76 bits per heavy atom. The topological polar surface area (TPSA) is 84.2 Å². The van der Waals surface area contributed by atoms with E-state index in [1.807, 2.05) is 6.92 Å². The summed E-state index contributed by atoms with van der Waals surface area (Å²) in [5.41, 5.74) is 5.57. The molecule has 116 valence electrons. The predicted molar refractivity (Wildman–Crippen MR) is 84.3 cm³/mol. The molecule has 5 nitrogen and oxygen atoms in total. The summed E-state index contributed by atoms with van der Waals surface area (Å²) < 4.78 is 0. The number of amides is 2. The molecule has 0 heterocycles. The Morgan fingerprint density at radius 1 is 1.19 bits per heavy atom. The SMILES string of the molecule is CCCC(C)(N)C(=O)NCCNC(=O)c1ccc(Cl)cc1. The molecule has 0 aliphatic heterocycles. The van der Waals surface area contributed by atoms with Crippen molar-refractivity contribution in [2.75, 3.05) is 13.1 Å². The zero-order valence-electron chi connectivity index (χ0n) is 12.4. The lowest BCUT2D eigenvalue weighted by Crippen LogP contribution is -2.52. The van der Waals surface area contributed by atoms with Gasteiger partial charge in [-0.25, -0.2) is 0 Å². The first kappa shape index (κ1) is 17.5. The molecule has 1 unspecified atom stereocenters. The van der Waals surface area contributed by atoms with E-state index < -0.39 is 5.54 Å². The molecule has 2 amide bonds. The summed E-state index contributed by atoms with van der Waals surface area (Å²) >= 11 is 5.76. The second kappa shape index (κ2) is 8.00. The van der Waals surface area contributed by atoms with Gasteiger partial charge in [-0.15, -0.1) is 0 Å². The van der Waals surface area contributed by atoms with Crippen molar-refractivity contribution in [3.63, 3.8) is 0 Å². The van der Waals surface area contributed by atoms with Crippen LogP contribution in [0.3, 0.4) is 0 Å². The Bertz CT molecular complexity index is 486. The van der Waals surface area contributed by atoms with E-state index in [4.69, 9.17) is 17.3 Å². The van der Waals surface area contributed by atoms with Crippen molar-refractivity contribution in [3.05, 3.63) is 34.9 Å². The van der Waals surface area contributed by atoms with Crippen molar-refractivity contribution >= 4 is 23.4 Å². The van der Waals surface area contributed by atoms with Crippen LogP contribution in [0.15, 0.2) is 24.3 Å². The zero-order valence-corrected chi connectivity index (χ0v) is 13.2. The molecule has 0 saturated carbocycles. The van der Waals surface area contributed by atoms with E-state index in [-0.39, 0.29) is 11.8 Å². The molecule has 1 atom stereocenters. The van der Waals surface area contributed by atoms with Crippen LogP contribution in [0, 0.1) is 0 Å². The molecule has 1 aromatic carbocycles. The second-order valence-corrected chi connectivity index (χ2v) is 5.62. The Balaban J connectivity index is 2.32. The first-order chi connectivity index (χ1) is 9.86. The van der Waals surface area contributed by atoms with Crippen LogP contribution in [0.5, 0.6) is 0 Å². The molecule has 0 radical (unpaired) electrons. The van der Waals surface area contributed by atoms with E-state index in [1.165, 1.54) is 0 Å². The highest BCUT2D eigenvalue weighted by atomic mass is 35.5. The quantitative estimate of drug-likeness (QED) is 0.670. The van der Waals surface area contributed by atoms with Gasteiger partial charge in [-0.05, 0) is 37.6 Å². The van der Waals surface area contributed by atoms with Crippen LogP contribution in [0.25, 0.3) is 0 Å². The molecule has 0 aliphatic carbocycles. The summed E-state index contributed by atoms with van der Waals surface area (Å²) in [5.74, 6) is -0.407. The van der Waals surface area contributed by atoms with Crippen molar-refractivity contribution in [2.45, 2.75) is 32.2 Å². The molecule has 1 rings (SSSR count). The van der Waals surface area contributed by atoms with Gasteiger partial charge < -0.3 is 16.4 Å². The first-order valence-electron chi connectivity index (χ1n) is 6.98. The fourth-order valence-electron chi connectivity index (χ4n) is 1.89. The highest BCUT2D eigenvalue weighted by Crippen LogP contribution is 2.09. The number of nitrogens with one attached hydrogen (secondary N) is 2. The Labute approximate surface area is 130 Å². The van der Waals surface area contributed by atoms with Crippen molar-refractivity contribution in [1.82, 2.24) is 10.6 Å².